The number of aliphatic hydroxyl groups excluding tert-OH is 4. The summed E-state index contributed by atoms with van der Waals surface area (Å²) >= 11 is 0. The van der Waals surface area contributed by atoms with E-state index in [4.69, 9.17) is 15.3 Å². The second-order valence-electron chi connectivity index (χ2n) is 2.75. The minimum Gasteiger partial charge on any atom is -0.395 e. The van der Waals surface area contributed by atoms with E-state index < -0.39 is 24.4 Å². The molecular formula is C6H13NO4. The zero-order valence-corrected chi connectivity index (χ0v) is 6.01. The summed E-state index contributed by atoms with van der Waals surface area (Å²) in [5.41, 5.74) is 0. The standard InChI is InChI=1S/C6H13NO4/c8-2-3-5(10)6(11)4(9)1-7-3/h3-11H,1-2H2/t3?,4?,5?,6-/m1/s1. The lowest BCUT2D eigenvalue weighted by molar-refractivity contribution is -0.101. The zero-order valence-electron chi connectivity index (χ0n) is 6.01. The maximum Gasteiger partial charge on any atom is 0.109 e. The highest BCUT2D eigenvalue weighted by Gasteiger charge is 2.35. The summed E-state index contributed by atoms with van der Waals surface area (Å²) in [6, 6.07) is -0.534. The van der Waals surface area contributed by atoms with E-state index in [-0.39, 0.29) is 13.2 Å². The Morgan fingerprint density at radius 1 is 1.18 bits per heavy atom. The highest BCUT2D eigenvalue weighted by molar-refractivity contribution is 4.91. The first-order valence-electron chi connectivity index (χ1n) is 3.55. The SMILES string of the molecule is OCC1NCC(O)[C@@H](O)C1O. The van der Waals surface area contributed by atoms with Gasteiger partial charge in [0.25, 0.3) is 0 Å². The van der Waals surface area contributed by atoms with Gasteiger partial charge in [0.1, 0.15) is 6.10 Å². The molecule has 1 rings (SSSR count). The van der Waals surface area contributed by atoms with Crippen LogP contribution in [0, 0.1) is 0 Å². The van der Waals surface area contributed by atoms with E-state index in [1.807, 2.05) is 0 Å². The Balaban J connectivity index is 2.52. The number of nitrogens with one attached hydrogen (secondary N) is 1. The number of hydrogen-bond acceptors (Lipinski definition) is 5. The fourth-order valence-electron chi connectivity index (χ4n) is 1.15. The van der Waals surface area contributed by atoms with Crippen LogP contribution in [0.3, 0.4) is 0 Å². The van der Waals surface area contributed by atoms with Gasteiger partial charge in [-0.1, -0.05) is 0 Å². The molecule has 0 saturated carbocycles. The van der Waals surface area contributed by atoms with Crippen LogP contribution in [-0.2, 0) is 0 Å². The van der Waals surface area contributed by atoms with E-state index >= 15 is 0 Å². The molecule has 1 saturated heterocycles. The van der Waals surface area contributed by atoms with E-state index in [0.29, 0.717) is 0 Å². The molecule has 66 valence electrons. The van der Waals surface area contributed by atoms with Crippen molar-refractivity contribution in [2.75, 3.05) is 13.2 Å². The van der Waals surface area contributed by atoms with Gasteiger partial charge in [0.15, 0.2) is 0 Å². The topological polar surface area (TPSA) is 93.0 Å². The number of rotatable bonds is 1. The van der Waals surface area contributed by atoms with Crippen LogP contribution in [0.4, 0.5) is 0 Å². The minimum absolute atomic E-state index is 0.198. The normalized spacial score (nSPS) is 45.8. The molecule has 0 aromatic rings. The summed E-state index contributed by atoms with van der Waals surface area (Å²) in [7, 11) is 0. The Morgan fingerprint density at radius 2 is 1.82 bits per heavy atom. The van der Waals surface area contributed by atoms with Crippen molar-refractivity contribution < 1.29 is 20.4 Å². The summed E-state index contributed by atoms with van der Waals surface area (Å²) in [4.78, 5) is 0. The molecule has 0 aromatic carbocycles. The van der Waals surface area contributed by atoms with Crippen molar-refractivity contribution in [2.45, 2.75) is 24.4 Å². The van der Waals surface area contributed by atoms with Crippen LogP contribution in [0.2, 0.25) is 0 Å². The fourth-order valence-corrected chi connectivity index (χ4v) is 1.15. The highest BCUT2D eigenvalue weighted by Crippen LogP contribution is 2.09. The van der Waals surface area contributed by atoms with Crippen LogP contribution < -0.4 is 5.32 Å². The third kappa shape index (κ3) is 1.69. The summed E-state index contributed by atoms with van der Waals surface area (Å²) < 4.78 is 0. The number of hydrogen-bond donors (Lipinski definition) is 5. The van der Waals surface area contributed by atoms with Gasteiger partial charge in [0, 0.05) is 6.54 Å². The molecule has 0 aromatic heterocycles. The Kier molecular flexibility index (Phi) is 2.80. The van der Waals surface area contributed by atoms with Crippen LogP contribution in [0.15, 0.2) is 0 Å². The molecule has 5 heteroatoms. The second kappa shape index (κ2) is 3.46. The van der Waals surface area contributed by atoms with Crippen LogP contribution >= 0.6 is 0 Å². The average Bonchev–Trinajstić information content (AvgIpc) is 2.01. The molecule has 11 heavy (non-hydrogen) atoms. The van der Waals surface area contributed by atoms with Gasteiger partial charge in [-0.25, -0.2) is 0 Å². The van der Waals surface area contributed by atoms with Crippen molar-refractivity contribution in [2.24, 2.45) is 0 Å². The first-order valence-corrected chi connectivity index (χ1v) is 3.55. The maximum absolute atomic E-state index is 9.18. The molecule has 0 radical (unpaired) electrons. The van der Waals surface area contributed by atoms with Crippen molar-refractivity contribution in [3.05, 3.63) is 0 Å². The molecule has 5 N–H and O–H groups in total. The predicted octanol–water partition coefficient (Wildman–Crippen LogP) is -2.97. The minimum atomic E-state index is -1.16. The molecule has 0 aliphatic carbocycles. The molecule has 0 bridgehead atoms. The monoisotopic (exact) mass is 163 g/mol. The van der Waals surface area contributed by atoms with Gasteiger partial charge in [-0.05, 0) is 0 Å². The van der Waals surface area contributed by atoms with Crippen LogP contribution in [0.5, 0.6) is 0 Å². The predicted molar refractivity (Wildman–Crippen MR) is 36.9 cm³/mol. The lowest BCUT2D eigenvalue weighted by atomic mass is 9.97. The van der Waals surface area contributed by atoms with Crippen LogP contribution in [0.1, 0.15) is 0 Å². The van der Waals surface area contributed by atoms with E-state index in [1.165, 1.54) is 0 Å². The molecule has 0 amide bonds. The number of β-amino-alcohol motifs (C(OH)–C–C–N with tert-alkyl or cyclic N) is 1. The second-order valence-corrected chi connectivity index (χ2v) is 2.75. The summed E-state index contributed by atoms with van der Waals surface area (Å²) in [5.74, 6) is 0. The first kappa shape index (κ1) is 8.89. The molecular weight excluding hydrogens is 150 g/mol. The molecule has 1 fully saturated rings. The van der Waals surface area contributed by atoms with Crippen LogP contribution in [0.25, 0.3) is 0 Å². The summed E-state index contributed by atoms with van der Waals surface area (Å²) in [5, 5.41) is 38.6. The maximum atomic E-state index is 9.18. The van der Waals surface area contributed by atoms with Gasteiger partial charge in [-0.3, -0.25) is 0 Å². The van der Waals surface area contributed by atoms with Crippen LogP contribution in [-0.4, -0.2) is 57.9 Å². The quantitative estimate of drug-likeness (QED) is 0.285. The van der Waals surface area contributed by atoms with E-state index in [0.717, 1.165) is 0 Å². The van der Waals surface area contributed by atoms with Crippen molar-refractivity contribution >= 4 is 0 Å². The number of piperidine rings is 1. The van der Waals surface area contributed by atoms with Crippen molar-refractivity contribution in [1.82, 2.24) is 5.32 Å². The van der Waals surface area contributed by atoms with Gasteiger partial charge >= 0.3 is 0 Å². The third-order valence-electron chi connectivity index (χ3n) is 1.94. The van der Waals surface area contributed by atoms with Gasteiger partial charge < -0.3 is 25.7 Å². The lowest BCUT2D eigenvalue weighted by Gasteiger charge is -2.34. The third-order valence-corrected chi connectivity index (χ3v) is 1.94. The molecule has 0 spiro atoms. The Hall–Kier alpha value is -0.200. The molecule has 1 heterocycles. The van der Waals surface area contributed by atoms with E-state index in [9.17, 15) is 5.11 Å². The molecule has 5 nitrogen and oxygen atoms in total. The highest BCUT2D eigenvalue weighted by atomic mass is 16.4. The van der Waals surface area contributed by atoms with E-state index in [2.05, 4.69) is 5.32 Å². The van der Waals surface area contributed by atoms with Gasteiger partial charge in [-0.2, -0.15) is 0 Å². The van der Waals surface area contributed by atoms with E-state index in [1.54, 1.807) is 0 Å². The summed E-state index contributed by atoms with van der Waals surface area (Å²) in [6.07, 6.45) is -3.20. The first-order chi connectivity index (χ1) is 5.16. The van der Waals surface area contributed by atoms with Gasteiger partial charge in [0.2, 0.25) is 0 Å². The van der Waals surface area contributed by atoms with Crippen molar-refractivity contribution in [3.8, 4) is 0 Å². The Bertz CT molecular complexity index is 130. The van der Waals surface area contributed by atoms with Gasteiger partial charge in [0.05, 0.1) is 24.9 Å². The Morgan fingerprint density at radius 3 is 2.36 bits per heavy atom. The van der Waals surface area contributed by atoms with Crippen molar-refractivity contribution in [3.63, 3.8) is 0 Å². The van der Waals surface area contributed by atoms with Gasteiger partial charge in [-0.15, -0.1) is 0 Å². The fraction of sp³-hybridized carbons (Fsp3) is 1.00. The molecule has 4 atom stereocenters. The smallest absolute Gasteiger partial charge is 0.109 e. The number of aliphatic hydroxyl groups is 4. The lowest BCUT2D eigenvalue weighted by Crippen LogP contribution is -2.60. The average molecular weight is 163 g/mol. The summed E-state index contributed by atoms with van der Waals surface area (Å²) in [6.45, 7) is -0.0472. The van der Waals surface area contributed by atoms with Crippen molar-refractivity contribution in [1.29, 1.82) is 0 Å². The zero-order chi connectivity index (χ0) is 8.43. The largest absolute Gasteiger partial charge is 0.395 e. The molecule has 1 aliphatic heterocycles. The molecule has 3 unspecified atom stereocenters. The Labute approximate surface area is 64.3 Å². The molecule has 1 aliphatic rings.